The molecule has 0 spiro atoms. The number of hydrogen-bond acceptors (Lipinski definition) is 2. The maximum Gasteiger partial charge on any atom is 0.159 e. The molecule has 3 heteroatoms. The van der Waals surface area contributed by atoms with E-state index in [9.17, 15) is 0 Å². The second-order valence-electron chi connectivity index (χ2n) is 8.27. The van der Waals surface area contributed by atoms with Gasteiger partial charge in [0.2, 0.25) is 0 Å². The lowest BCUT2D eigenvalue weighted by atomic mass is 9.82. The second kappa shape index (κ2) is 9.66. The smallest absolute Gasteiger partial charge is 0.159 e. The number of aryl methyl sites for hydroxylation is 1. The first kappa shape index (κ1) is 19.6. The fraction of sp³-hybridized carbons (Fsp3) is 0.696. The molecule has 3 atom stereocenters. The van der Waals surface area contributed by atoms with E-state index in [0.717, 1.165) is 25.4 Å². The summed E-state index contributed by atoms with van der Waals surface area (Å²) in [6.07, 6.45) is 10.8. The van der Waals surface area contributed by atoms with Crippen molar-refractivity contribution in [1.82, 2.24) is 0 Å². The minimum atomic E-state index is -0.152. The summed E-state index contributed by atoms with van der Waals surface area (Å²) < 4.78 is 8.61. The van der Waals surface area contributed by atoms with E-state index in [1.54, 1.807) is 5.56 Å². The third-order valence-corrected chi connectivity index (χ3v) is 6.38. The van der Waals surface area contributed by atoms with Crippen molar-refractivity contribution in [2.75, 3.05) is 20.2 Å². The topological polar surface area (TPSA) is 38.3 Å². The number of hydrogen-bond donors (Lipinski definition) is 1. The highest BCUT2D eigenvalue weighted by Crippen LogP contribution is 2.28. The predicted octanol–water partition coefficient (Wildman–Crippen LogP) is 4.17. The average Bonchev–Trinajstić information content (AvgIpc) is 2.66. The Morgan fingerprint density at radius 2 is 2.00 bits per heavy atom. The maximum absolute atomic E-state index is 6.52. The van der Waals surface area contributed by atoms with E-state index in [1.165, 1.54) is 62.8 Å². The summed E-state index contributed by atoms with van der Waals surface area (Å²) in [4.78, 5) is 0. The Morgan fingerprint density at radius 3 is 2.77 bits per heavy atom. The van der Waals surface area contributed by atoms with Crippen LogP contribution in [0.3, 0.4) is 0 Å². The van der Waals surface area contributed by atoms with Crippen molar-refractivity contribution in [3.05, 3.63) is 35.4 Å². The molecule has 3 nitrogen and oxygen atoms in total. The normalized spacial score (nSPS) is 22.8. The molecule has 0 aromatic heterocycles. The molecule has 1 aromatic rings. The summed E-state index contributed by atoms with van der Waals surface area (Å²) in [5, 5.41) is 0. The van der Waals surface area contributed by atoms with Gasteiger partial charge in [-0.15, -0.1) is 0 Å². The minimum Gasteiger partial charge on any atom is -0.363 e. The quantitative estimate of drug-likeness (QED) is 0.560. The molecule has 2 aliphatic rings. The number of ether oxygens (including phenoxy) is 1. The van der Waals surface area contributed by atoms with Crippen molar-refractivity contribution < 1.29 is 9.31 Å². The maximum atomic E-state index is 6.52. The molecule has 1 heterocycles. The Labute approximate surface area is 159 Å². The van der Waals surface area contributed by atoms with Crippen LogP contribution in [-0.4, -0.2) is 36.7 Å². The molecule has 1 aliphatic carbocycles. The Kier molecular flexibility index (Phi) is 7.27. The van der Waals surface area contributed by atoms with E-state index in [0.29, 0.717) is 5.92 Å². The molecular formula is C23H37N2O+. The van der Waals surface area contributed by atoms with Gasteiger partial charge >= 0.3 is 0 Å². The monoisotopic (exact) mass is 357 g/mol. The third kappa shape index (κ3) is 4.95. The van der Waals surface area contributed by atoms with Crippen LogP contribution in [0.25, 0.3) is 0 Å². The third-order valence-electron chi connectivity index (χ3n) is 6.38. The van der Waals surface area contributed by atoms with Crippen LogP contribution < -0.4 is 5.73 Å². The van der Waals surface area contributed by atoms with Gasteiger partial charge in [0.15, 0.2) is 5.71 Å². The van der Waals surface area contributed by atoms with E-state index in [2.05, 4.69) is 42.8 Å². The van der Waals surface area contributed by atoms with Crippen molar-refractivity contribution in [3.8, 4) is 0 Å². The molecule has 144 valence electrons. The molecule has 0 radical (unpaired) electrons. The van der Waals surface area contributed by atoms with Crippen LogP contribution in [-0.2, 0) is 17.6 Å². The van der Waals surface area contributed by atoms with E-state index in [4.69, 9.17) is 10.5 Å². The summed E-state index contributed by atoms with van der Waals surface area (Å²) >= 11 is 0. The summed E-state index contributed by atoms with van der Waals surface area (Å²) in [6.45, 7) is 4.22. The first-order chi connectivity index (χ1) is 12.7. The van der Waals surface area contributed by atoms with Crippen molar-refractivity contribution in [2.45, 2.75) is 70.9 Å². The van der Waals surface area contributed by atoms with Gasteiger partial charge in [-0.1, -0.05) is 37.6 Å². The molecule has 3 unspecified atom stereocenters. The number of fused-ring (bicyclic) bond motifs is 1. The number of nitrogens with zero attached hydrogens (tertiary/aromatic N) is 1. The highest BCUT2D eigenvalue weighted by atomic mass is 16.5. The molecule has 26 heavy (non-hydrogen) atoms. The van der Waals surface area contributed by atoms with Gasteiger partial charge in [-0.3, -0.25) is 0 Å². The highest BCUT2D eigenvalue weighted by molar-refractivity contribution is 5.83. The number of rotatable bonds is 8. The van der Waals surface area contributed by atoms with Crippen molar-refractivity contribution >= 4 is 5.71 Å². The molecular weight excluding hydrogens is 320 g/mol. The molecule has 0 saturated heterocycles. The van der Waals surface area contributed by atoms with Crippen molar-refractivity contribution in [1.29, 1.82) is 0 Å². The van der Waals surface area contributed by atoms with Crippen LogP contribution in [0.5, 0.6) is 0 Å². The molecule has 0 bridgehead atoms. The molecule has 3 rings (SSSR count). The average molecular weight is 358 g/mol. The van der Waals surface area contributed by atoms with Gasteiger partial charge in [0.25, 0.3) is 0 Å². The zero-order chi connectivity index (χ0) is 18.4. The lowest BCUT2D eigenvalue weighted by molar-refractivity contribution is -0.506. The van der Waals surface area contributed by atoms with Gasteiger partial charge < -0.3 is 10.5 Å². The standard InChI is InChI=1S/C23H37N2O/c1-3-8-21(22-11-6-7-15-25(22)2)23(24)26-16-14-18-12-13-19-9-4-5-10-20(19)17-18/h4-5,9-10,18,21,23H,3,6-8,11-17,24H2,1-2H3/q+1. The molecule has 2 N–H and O–H groups in total. The van der Waals surface area contributed by atoms with Crippen molar-refractivity contribution in [2.24, 2.45) is 17.6 Å². The van der Waals surface area contributed by atoms with Crippen LogP contribution in [0.1, 0.15) is 63.0 Å². The number of benzene rings is 1. The van der Waals surface area contributed by atoms with Crippen LogP contribution in [0.4, 0.5) is 0 Å². The van der Waals surface area contributed by atoms with E-state index in [1.807, 2.05) is 0 Å². The van der Waals surface area contributed by atoms with Crippen molar-refractivity contribution in [3.63, 3.8) is 0 Å². The van der Waals surface area contributed by atoms with Gasteiger partial charge in [-0.2, -0.15) is 0 Å². The van der Waals surface area contributed by atoms with Gasteiger partial charge in [-0.25, -0.2) is 4.58 Å². The van der Waals surface area contributed by atoms with E-state index >= 15 is 0 Å². The first-order valence-corrected chi connectivity index (χ1v) is 10.7. The number of nitrogens with two attached hydrogens (primary N) is 1. The van der Waals surface area contributed by atoms with Gasteiger partial charge in [0.05, 0.1) is 5.92 Å². The van der Waals surface area contributed by atoms with E-state index in [-0.39, 0.29) is 6.23 Å². The largest absolute Gasteiger partial charge is 0.363 e. The van der Waals surface area contributed by atoms with Gasteiger partial charge in [-0.05, 0) is 55.6 Å². The minimum absolute atomic E-state index is 0.152. The molecule has 0 fully saturated rings. The fourth-order valence-corrected chi connectivity index (χ4v) is 4.80. The Morgan fingerprint density at radius 1 is 1.19 bits per heavy atom. The highest BCUT2D eigenvalue weighted by Gasteiger charge is 2.31. The summed E-state index contributed by atoms with van der Waals surface area (Å²) in [7, 11) is 2.23. The summed E-state index contributed by atoms with van der Waals surface area (Å²) in [5.74, 6) is 1.13. The Bertz CT molecular complexity index is 610. The van der Waals surface area contributed by atoms with E-state index < -0.39 is 0 Å². The molecule has 1 aliphatic heterocycles. The van der Waals surface area contributed by atoms with Crippen LogP contribution in [0.2, 0.25) is 0 Å². The van der Waals surface area contributed by atoms with Crippen LogP contribution in [0.15, 0.2) is 24.3 Å². The zero-order valence-electron chi connectivity index (χ0n) is 16.8. The Hall–Kier alpha value is -1.19. The van der Waals surface area contributed by atoms with Gasteiger partial charge in [0.1, 0.15) is 19.8 Å². The second-order valence-corrected chi connectivity index (χ2v) is 8.27. The first-order valence-electron chi connectivity index (χ1n) is 10.7. The fourth-order valence-electron chi connectivity index (χ4n) is 4.80. The SMILES string of the molecule is CCCC(C1=[N+](C)CCCC1)C(N)OCCC1CCc2ccccc2C1. The van der Waals surface area contributed by atoms with Gasteiger partial charge in [0, 0.05) is 19.4 Å². The lowest BCUT2D eigenvalue weighted by Gasteiger charge is -2.28. The molecule has 1 aromatic carbocycles. The van der Waals surface area contributed by atoms with Crippen LogP contribution >= 0.6 is 0 Å². The lowest BCUT2D eigenvalue weighted by Crippen LogP contribution is -2.42. The molecule has 0 saturated carbocycles. The molecule has 0 amide bonds. The Balaban J connectivity index is 1.50. The predicted molar refractivity (Wildman–Crippen MR) is 109 cm³/mol. The zero-order valence-corrected chi connectivity index (χ0v) is 16.8. The van der Waals surface area contributed by atoms with Crippen LogP contribution in [0, 0.1) is 11.8 Å². The summed E-state index contributed by atoms with van der Waals surface area (Å²) in [5.41, 5.74) is 11.1. The summed E-state index contributed by atoms with van der Waals surface area (Å²) in [6, 6.07) is 8.90.